The summed E-state index contributed by atoms with van der Waals surface area (Å²) in [6, 6.07) is 30.5. The lowest BCUT2D eigenvalue weighted by molar-refractivity contribution is -0.151. The van der Waals surface area contributed by atoms with Gasteiger partial charge in [0.2, 0.25) is 17.7 Å². The number of anilines is 12. The molecule has 39 heteroatoms. The van der Waals surface area contributed by atoms with Crippen molar-refractivity contribution >= 4 is 122 Å². The first-order valence-electron chi connectivity index (χ1n) is 34.3. The Morgan fingerprint density at radius 3 is 1.12 bits per heavy atom. The molecule has 0 aliphatic carbocycles. The Balaban J connectivity index is 0.000000303. The van der Waals surface area contributed by atoms with Crippen molar-refractivity contribution in [3.63, 3.8) is 0 Å². The van der Waals surface area contributed by atoms with E-state index in [2.05, 4.69) is 111 Å². The summed E-state index contributed by atoms with van der Waals surface area (Å²) in [6.45, 7) is 20.2. The van der Waals surface area contributed by atoms with Crippen LogP contribution in [-0.4, -0.2) is 172 Å². The summed E-state index contributed by atoms with van der Waals surface area (Å²) in [5, 5.41) is 38.8. The number of benzene rings is 3. The van der Waals surface area contributed by atoms with Gasteiger partial charge in [-0.25, -0.2) is 38.7 Å². The number of aromatic nitrogens is 12. The van der Waals surface area contributed by atoms with Crippen LogP contribution >= 0.6 is 35.3 Å². The zero-order valence-electron chi connectivity index (χ0n) is 60.5. The van der Waals surface area contributed by atoms with E-state index < -0.39 is 72.8 Å². The fourth-order valence-corrected chi connectivity index (χ4v) is 13.7. The number of rotatable bonds is 23. The number of likely N-dealkylation sites (tertiary alicyclic amines) is 1. The van der Waals surface area contributed by atoms with E-state index in [0.29, 0.717) is 87.1 Å². The average Bonchev–Trinajstić information content (AvgIpc) is 0.793. The lowest BCUT2D eigenvalue weighted by Crippen LogP contribution is -2.63. The number of nitrogens with one attached hydrogen (secondary N) is 9. The fourth-order valence-electron chi connectivity index (χ4n) is 11.4. The summed E-state index contributed by atoms with van der Waals surface area (Å²) in [5.41, 5.74) is 4.29. The number of alkyl halides is 11. The molecule has 0 spiro atoms. The average molecular weight is 1600 g/mol. The van der Waals surface area contributed by atoms with E-state index in [1.807, 2.05) is 62.9 Å². The van der Waals surface area contributed by atoms with Gasteiger partial charge in [0, 0.05) is 158 Å². The number of hydrogen-bond acceptors (Lipinski definition) is 22. The summed E-state index contributed by atoms with van der Waals surface area (Å²) < 4.78 is 140. The van der Waals surface area contributed by atoms with Crippen molar-refractivity contribution in [2.75, 3.05) is 99.0 Å². The molecule has 0 unspecified atom stereocenters. The van der Waals surface area contributed by atoms with Gasteiger partial charge in [0.15, 0.2) is 32.9 Å². The van der Waals surface area contributed by atoms with Crippen molar-refractivity contribution in [3.05, 3.63) is 137 Å². The molecule has 0 radical (unpaired) electrons. The molecule has 10 heterocycles. The molecule has 1 atom stereocenters. The van der Waals surface area contributed by atoms with Gasteiger partial charge in [0.1, 0.15) is 66.0 Å². The number of halogens is 11. The van der Waals surface area contributed by atoms with Gasteiger partial charge in [-0.15, -0.1) is 0 Å². The minimum absolute atomic E-state index is 0. The maximum atomic E-state index is 14.7. The second kappa shape index (κ2) is 33.9. The predicted molar refractivity (Wildman–Crippen MR) is 411 cm³/mol. The third kappa shape index (κ3) is 23.4. The highest BCUT2D eigenvalue weighted by molar-refractivity contribution is 7.99. The zero-order chi connectivity index (χ0) is 79.0. The summed E-state index contributed by atoms with van der Waals surface area (Å²) in [6.07, 6.45) is -18.5. The SMILES string of the molecule is CC(C)=C1CN(c2cc(Nc3cc(C)[nH]n3)nc(Sc3ccc(NC(=O)CC(F)(F)F)cc3)n2)C1.Cc1cc(Nc2cc(N3CC(C)(C(C)(C)F)C3)nc(Sc3ccc(NC(=O)CC(F)(F)F)cc3)n2)n[nH]1.Cc1cc(Nc2cc(N3CC(N4CC[C@H](F)C4)C3)nc(Sc3ccc(NC(=O)CC(F)(F)F)cc3)n2)n[nH]1.[HH].[HH].[HH].[HH].[HH].[HH]. The highest BCUT2D eigenvalue weighted by Gasteiger charge is 2.51. The Hall–Kier alpha value is -10.3. The topological polar surface area (TPSA) is 300 Å². The zero-order valence-corrected chi connectivity index (χ0v) is 62.9. The molecule has 9 N–H and O–H groups in total. The molecule has 4 fully saturated rings. The van der Waals surface area contributed by atoms with E-state index >= 15 is 0 Å². The molecule has 0 bridgehead atoms. The third-order valence-corrected chi connectivity index (χ3v) is 20.2. The smallest absolute Gasteiger partial charge is 0.355 e. The Labute approximate surface area is 645 Å². The van der Waals surface area contributed by atoms with Gasteiger partial charge in [-0.1, -0.05) is 12.5 Å². The standard InChI is InChI=1S/C24H26F4N8OS.C24H27F4N7OS.C23H24F3N7OS.6H2/c1-14-8-20(34-33-14)30-19-9-21(36-12-17(13-36)35-7-6-15(25)11-35)32-23(31-19)38-18-4-2-16(3-5-18)29-22(37)10-24(26,27)28;1-14-9-18(34-33-14)30-17-10-19(35-12-23(4,13-35)22(2,3)25)32-21(31-17)37-16-7-5-15(6-8-16)29-20(36)11-24(26,27)28;1-13(2)15-11-33(12-15)20-9-18(28-19-8-14(3)31-32-19)29-22(30-20)35-17-6-4-16(5-7-17)27-21(34)10-23(24,25)26;;;;;;/h2-5,8-9,15,17H,6-7,10-13H2,1H3,(H,29,37)(H2,30,31,32,33,34);5-10H,11-13H2,1-4H3,(H,29,36)(H2,30,31,32,33,34);4-9H,10-12H2,1-3H3,(H,27,34)(H2,28,29,30,31,32);6*1H/t15-;;;;;;;;/m0......../s1. The maximum absolute atomic E-state index is 14.7. The molecule has 3 amide bonds. The summed E-state index contributed by atoms with van der Waals surface area (Å²) in [5.74, 6) is 2.23. The monoisotopic (exact) mass is 1600 g/mol. The van der Waals surface area contributed by atoms with E-state index in [0.717, 1.165) is 71.2 Å². The molecule has 4 aliphatic heterocycles. The molecule has 3 aromatic carbocycles. The number of amides is 3. The molecule has 13 rings (SSSR count). The minimum atomic E-state index is -4.57. The number of nitrogens with zero attached hydrogens (tertiary/aromatic N) is 13. The quantitative estimate of drug-likeness (QED) is 0.0163. The fraction of sp³-hybridized carbons (Fsp3) is 0.380. The molecular formula is C71H89F11N22O3S3. The molecule has 4 saturated heterocycles. The molecule has 25 nitrogen and oxygen atoms in total. The van der Waals surface area contributed by atoms with Crippen LogP contribution < -0.4 is 46.6 Å². The van der Waals surface area contributed by atoms with E-state index in [4.69, 9.17) is 9.97 Å². The van der Waals surface area contributed by atoms with Crippen LogP contribution in [-0.2, 0) is 14.4 Å². The van der Waals surface area contributed by atoms with Gasteiger partial charge in [0.25, 0.3) is 0 Å². The highest BCUT2D eigenvalue weighted by atomic mass is 32.2. The van der Waals surface area contributed by atoms with E-state index in [1.165, 1.54) is 70.7 Å². The summed E-state index contributed by atoms with van der Waals surface area (Å²) in [4.78, 5) is 73.1. The van der Waals surface area contributed by atoms with Crippen LogP contribution in [0.2, 0.25) is 0 Å². The number of carbonyl (C=O) groups is 3. The first-order chi connectivity index (χ1) is 51.8. The molecule has 596 valence electrons. The molecule has 9 aromatic rings. The second-order valence-electron chi connectivity index (χ2n) is 27.6. The van der Waals surface area contributed by atoms with Crippen LogP contribution in [0, 0.1) is 26.2 Å². The Bertz CT molecular complexity index is 4760. The Morgan fingerprint density at radius 2 is 0.827 bits per heavy atom. The van der Waals surface area contributed by atoms with Crippen LogP contribution in [0.4, 0.5) is 118 Å². The molecule has 110 heavy (non-hydrogen) atoms. The second-order valence-corrected chi connectivity index (χ2v) is 30.7. The number of allylic oxidation sites excluding steroid dienone is 1. The Kier molecular flexibility index (Phi) is 24.9. The predicted octanol–water partition coefficient (Wildman–Crippen LogP) is 17.3. The molecule has 4 aliphatic rings. The maximum Gasteiger partial charge on any atom is 0.397 e. The van der Waals surface area contributed by atoms with Crippen LogP contribution in [0.15, 0.2) is 150 Å². The van der Waals surface area contributed by atoms with Crippen LogP contribution in [0.3, 0.4) is 0 Å². The number of aryl methyl sites for hydroxylation is 3. The lowest BCUT2D eigenvalue weighted by atomic mass is 9.70. The van der Waals surface area contributed by atoms with Crippen molar-refractivity contribution < 1.29 is 71.2 Å². The number of H-pyrrole nitrogens is 3. The number of carbonyl (C=O) groups excluding carboxylic acids is 3. The lowest BCUT2D eigenvalue weighted by Gasteiger charge is -2.53. The molecule has 6 aromatic heterocycles. The number of aromatic amines is 3. The van der Waals surface area contributed by atoms with Crippen molar-refractivity contribution in [1.82, 2.24) is 65.4 Å². The normalized spacial score (nSPS) is 15.8. The Morgan fingerprint density at radius 1 is 0.491 bits per heavy atom. The van der Waals surface area contributed by atoms with Crippen molar-refractivity contribution in [2.45, 2.75) is 148 Å². The van der Waals surface area contributed by atoms with Gasteiger partial charge in [-0.05, 0) is 169 Å². The largest absolute Gasteiger partial charge is 0.397 e. The van der Waals surface area contributed by atoms with Crippen LogP contribution in [0.25, 0.3) is 0 Å². The van der Waals surface area contributed by atoms with Crippen molar-refractivity contribution in [3.8, 4) is 0 Å². The third-order valence-electron chi connectivity index (χ3n) is 17.6. The van der Waals surface area contributed by atoms with E-state index in [9.17, 15) is 62.7 Å². The van der Waals surface area contributed by atoms with Crippen LogP contribution in [0.5, 0.6) is 0 Å². The van der Waals surface area contributed by atoms with Gasteiger partial charge >= 0.3 is 18.5 Å². The van der Waals surface area contributed by atoms with Crippen molar-refractivity contribution in [2.24, 2.45) is 5.41 Å². The van der Waals surface area contributed by atoms with E-state index in [-0.39, 0.29) is 31.7 Å². The van der Waals surface area contributed by atoms with E-state index in [1.54, 1.807) is 68.4 Å². The van der Waals surface area contributed by atoms with Gasteiger partial charge in [-0.3, -0.25) is 34.6 Å². The summed E-state index contributed by atoms with van der Waals surface area (Å²) in [7, 11) is 0. The first kappa shape index (κ1) is 80.7. The highest BCUT2D eigenvalue weighted by Crippen LogP contribution is 2.45. The van der Waals surface area contributed by atoms with Gasteiger partial charge in [0.05, 0.1) is 0 Å². The first-order valence-corrected chi connectivity index (χ1v) is 36.7. The van der Waals surface area contributed by atoms with Crippen molar-refractivity contribution in [1.29, 1.82) is 0 Å². The number of hydrogen-bond donors (Lipinski definition) is 9. The summed E-state index contributed by atoms with van der Waals surface area (Å²) >= 11 is 3.83. The molecule has 0 saturated carbocycles. The minimum Gasteiger partial charge on any atom is -0.355 e. The van der Waals surface area contributed by atoms with Gasteiger partial charge < -0.3 is 46.6 Å². The van der Waals surface area contributed by atoms with Gasteiger partial charge in [-0.2, -0.15) is 54.8 Å². The van der Waals surface area contributed by atoms with Crippen LogP contribution in [0.1, 0.15) is 85.9 Å². The molecular weight excluding hydrogens is 1510 g/mol.